The molecule has 0 aromatic rings. The first-order chi connectivity index (χ1) is 8.97. The molecule has 0 spiro atoms. The van der Waals surface area contributed by atoms with Crippen LogP contribution in [0.15, 0.2) is 0 Å². The Morgan fingerprint density at radius 3 is 1.35 bits per heavy atom. The van der Waals surface area contributed by atoms with Crippen LogP contribution >= 0.6 is 0 Å². The van der Waals surface area contributed by atoms with Gasteiger partial charge in [0, 0.05) is 37.4 Å². The van der Waals surface area contributed by atoms with Crippen molar-refractivity contribution in [3.8, 4) is 12.1 Å². The summed E-state index contributed by atoms with van der Waals surface area (Å²) in [6.45, 7) is 5.68. The molecule has 20 heavy (non-hydrogen) atoms. The summed E-state index contributed by atoms with van der Waals surface area (Å²) >= 11 is 0. The monoisotopic (exact) mass is 284 g/mol. The van der Waals surface area contributed by atoms with Gasteiger partial charge >= 0.3 is 0 Å². The van der Waals surface area contributed by atoms with Crippen LogP contribution in [0.5, 0.6) is 0 Å². The van der Waals surface area contributed by atoms with Gasteiger partial charge in [0.25, 0.3) is 0 Å². The molecule has 8 heteroatoms. The summed E-state index contributed by atoms with van der Waals surface area (Å²) in [7, 11) is 0. The van der Waals surface area contributed by atoms with Crippen LogP contribution in [0.3, 0.4) is 0 Å². The fourth-order valence-electron chi connectivity index (χ4n) is 1.69. The molecular weight excluding hydrogens is 264 g/mol. The van der Waals surface area contributed by atoms with Gasteiger partial charge in [0.1, 0.15) is 12.2 Å². The normalized spacial score (nSPS) is 16.6. The molecule has 0 aromatic heterocycles. The summed E-state index contributed by atoms with van der Waals surface area (Å²) in [4.78, 5) is 0.245. The van der Waals surface area contributed by atoms with Gasteiger partial charge in [-0.25, -0.2) is 0 Å². The Kier molecular flexibility index (Phi) is 5.89. The van der Waals surface area contributed by atoms with Crippen LogP contribution in [-0.2, 0) is 0 Å². The Balaban J connectivity index is 5.34. The standard InChI is InChI=1S/C12H20N4O4/c1-11(2,5-9(17)7-13)15(19)16(20)12(3,4)6-10(18)8-14/h9-10,17-18H,5-6H2,1-4H3/b16-15+. The number of hydroxylamine groups is 2. The van der Waals surface area contributed by atoms with Crippen molar-refractivity contribution in [2.24, 2.45) is 0 Å². The molecular formula is C12H20N4O4. The van der Waals surface area contributed by atoms with Gasteiger partial charge in [-0.2, -0.15) is 10.5 Å². The molecule has 2 atom stereocenters. The number of nitriles is 2. The van der Waals surface area contributed by atoms with Gasteiger partial charge in [0.05, 0.1) is 25.0 Å². The van der Waals surface area contributed by atoms with Crippen molar-refractivity contribution in [2.75, 3.05) is 0 Å². The summed E-state index contributed by atoms with van der Waals surface area (Å²) < 4.78 is 0. The van der Waals surface area contributed by atoms with Crippen molar-refractivity contribution in [1.29, 1.82) is 10.5 Å². The van der Waals surface area contributed by atoms with Gasteiger partial charge in [0.15, 0.2) is 0 Å². The van der Waals surface area contributed by atoms with E-state index in [4.69, 9.17) is 10.5 Å². The molecule has 0 fully saturated rings. The highest BCUT2D eigenvalue weighted by Gasteiger charge is 2.43. The third-order valence-electron chi connectivity index (χ3n) is 2.88. The van der Waals surface area contributed by atoms with E-state index in [9.17, 15) is 20.6 Å². The number of hydrogen-bond donors (Lipinski definition) is 2. The largest absolute Gasteiger partial charge is 0.567 e. The Labute approximate surface area is 117 Å². The Morgan fingerprint density at radius 2 is 1.15 bits per heavy atom. The Hall–Kier alpha value is -1.90. The molecule has 0 aromatic carbocycles. The number of aliphatic hydroxyl groups excluding tert-OH is 2. The number of rotatable bonds is 6. The third kappa shape index (κ3) is 4.65. The minimum atomic E-state index is -1.36. The van der Waals surface area contributed by atoms with Crippen LogP contribution in [0.2, 0.25) is 0 Å². The van der Waals surface area contributed by atoms with Crippen LogP contribution in [0.4, 0.5) is 0 Å². The first-order valence-corrected chi connectivity index (χ1v) is 6.08. The van der Waals surface area contributed by atoms with Crippen LogP contribution in [0.1, 0.15) is 40.5 Å². The van der Waals surface area contributed by atoms with Crippen molar-refractivity contribution in [3.63, 3.8) is 0 Å². The van der Waals surface area contributed by atoms with Crippen LogP contribution in [-0.4, -0.2) is 43.2 Å². The van der Waals surface area contributed by atoms with E-state index in [0.717, 1.165) is 0 Å². The van der Waals surface area contributed by atoms with Gasteiger partial charge in [-0.15, -0.1) is 0 Å². The summed E-state index contributed by atoms with van der Waals surface area (Å²) in [6, 6.07) is 3.16. The van der Waals surface area contributed by atoms with E-state index in [1.54, 1.807) is 12.1 Å². The summed E-state index contributed by atoms with van der Waals surface area (Å²) in [5.41, 5.74) is -2.60. The van der Waals surface area contributed by atoms with Crippen molar-refractivity contribution < 1.29 is 19.9 Å². The molecule has 2 N–H and O–H groups in total. The van der Waals surface area contributed by atoms with Crippen molar-refractivity contribution >= 4 is 0 Å². The second-order valence-corrected chi connectivity index (χ2v) is 5.87. The molecule has 2 unspecified atom stereocenters. The van der Waals surface area contributed by atoms with E-state index in [1.165, 1.54) is 27.7 Å². The molecule has 0 bridgehead atoms. The third-order valence-corrected chi connectivity index (χ3v) is 2.88. The number of hydrogen-bond acceptors (Lipinski definition) is 6. The second-order valence-electron chi connectivity index (χ2n) is 5.87. The molecule has 0 saturated carbocycles. The lowest BCUT2D eigenvalue weighted by molar-refractivity contribution is -1.02. The highest BCUT2D eigenvalue weighted by atomic mass is 16.6. The van der Waals surface area contributed by atoms with E-state index < -0.39 is 23.3 Å². The fraction of sp³-hybridized carbons (Fsp3) is 0.833. The molecule has 0 aliphatic carbocycles. The lowest BCUT2D eigenvalue weighted by Gasteiger charge is -2.26. The molecule has 0 saturated heterocycles. The Morgan fingerprint density at radius 1 is 0.900 bits per heavy atom. The molecule has 0 rings (SSSR count). The average molecular weight is 284 g/mol. The van der Waals surface area contributed by atoms with E-state index in [0.29, 0.717) is 0 Å². The van der Waals surface area contributed by atoms with E-state index >= 15 is 0 Å². The number of azo groups is 1. The molecule has 0 amide bonds. The molecule has 8 nitrogen and oxygen atoms in total. The quantitative estimate of drug-likeness (QED) is 0.316. The van der Waals surface area contributed by atoms with Gasteiger partial charge in [0.2, 0.25) is 11.1 Å². The molecule has 112 valence electrons. The van der Waals surface area contributed by atoms with Crippen molar-refractivity contribution in [1.82, 2.24) is 0 Å². The molecule has 0 radical (unpaired) electrons. The first kappa shape index (κ1) is 18.1. The summed E-state index contributed by atoms with van der Waals surface area (Å²) in [5, 5.41) is 59.8. The van der Waals surface area contributed by atoms with Gasteiger partial charge in [-0.3, -0.25) is 0 Å². The van der Waals surface area contributed by atoms with Gasteiger partial charge in [-0.1, -0.05) is 0 Å². The van der Waals surface area contributed by atoms with Crippen LogP contribution in [0, 0.1) is 33.1 Å². The zero-order valence-corrected chi connectivity index (χ0v) is 12.1. The average Bonchev–Trinajstić information content (AvgIpc) is 2.35. The lowest BCUT2D eigenvalue weighted by Crippen LogP contribution is -2.47. The maximum absolute atomic E-state index is 12.1. The number of nitrogens with zero attached hydrogens (tertiary/aromatic N) is 4. The van der Waals surface area contributed by atoms with E-state index in [-0.39, 0.29) is 22.6 Å². The maximum Gasteiger partial charge on any atom is 0.236 e. The highest BCUT2D eigenvalue weighted by molar-refractivity contribution is 4.88. The predicted octanol–water partition coefficient (Wildman–Crippen LogP) is 0.566. The predicted molar refractivity (Wildman–Crippen MR) is 67.9 cm³/mol. The number of aliphatic hydroxyl groups is 2. The lowest BCUT2D eigenvalue weighted by atomic mass is 9.96. The van der Waals surface area contributed by atoms with E-state index in [2.05, 4.69) is 0 Å². The molecule has 0 aliphatic heterocycles. The smallest absolute Gasteiger partial charge is 0.236 e. The zero-order chi connectivity index (χ0) is 16.1. The molecule has 0 heterocycles. The SMILES string of the molecule is CC(C)(CC(O)C#N)/[N+]([O-])=[N+](\[O-])C(C)(C)CC(O)C#N. The van der Waals surface area contributed by atoms with Crippen molar-refractivity contribution in [2.45, 2.75) is 63.8 Å². The highest BCUT2D eigenvalue weighted by Crippen LogP contribution is 2.22. The summed E-state index contributed by atoms with van der Waals surface area (Å²) in [6.07, 6.45) is -3.13. The Bertz CT molecular complexity index is 417. The van der Waals surface area contributed by atoms with Crippen LogP contribution < -0.4 is 0 Å². The minimum absolute atomic E-state index is 0.123. The van der Waals surface area contributed by atoms with Gasteiger partial charge in [-0.05, 0) is 0 Å². The fourth-order valence-corrected chi connectivity index (χ4v) is 1.69. The first-order valence-electron chi connectivity index (χ1n) is 6.08. The topological polar surface area (TPSA) is 140 Å². The maximum atomic E-state index is 12.1. The van der Waals surface area contributed by atoms with E-state index in [1.807, 2.05) is 0 Å². The molecule has 0 aliphatic rings. The van der Waals surface area contributed by atoms with Crippen LogP contribution in [0.25, 0.3) is 0 Å². The zero-order valence-electron chi connectivity index (χ0n) is 12.1. The minimum Gasteiger partial charge on any atom is -0.567 e. The van der Waals surface area contributed by atoms with Crippen molar-refractivity contribution in [3.05, 3.63) is 10.4 Å². The second kappa shape index (κ2) is 6.51. The summed E-state index contributed by atoms with van der Waals surface area (Å²) in [5.74, 6) is 0. The van der Waals surface area contributed by atoms with Gasteiger partial charge < -0.3 is 20.6 Å².